The van der Waals surface area contributed by atoms with Crippen molar-refractivity contribution in [3.63, 3.8) is 0 Å². The Bertz CT molecular complexity index is 602. The third-order valence-electron chi connectivity index (χ3n) is 5.07. The van der Waals surface area contributed by atoms with E-state index in [4.69, 9.17) is 14.2 Å². The number of fused-ring (bicyclic) bond motifs is 5. The van der Waals surface area contributed by atoms with Crippen LogP contribution in [-0.4, -0.2) is 44.4 Å². The van der Waals surface area contributed by atoms with Crippen molar-refractivity contribution < 1.29 is 19.3 Å². The maximum absolute atomic E-state index is 11.4. The second-order valence-corrected chi connectivity index (χ2v) is 7.25. The minimum Gasteiger partial charge on any atom is -0.378 e. The van der Waals surface area contributed by atoms with Gasteiger partial charge in [-0.1, -0.05) is 31.4 Å². The van der Waals surface area contributed by atoms with Crippen LogP contribution in [0.5, 0.6) is 0 Å². The average molecular weight is 323 g/mol. The predicted molar refractivity (Wildman–Crippen MR) is 80.5 cm³/mol. The molecule has 3 aliphatic heterocycles. The van der Waals surface area contributed by atoms with Crippen LogP contribution in [0.2, 0.25) is 0 Å². The van der Waals surface area contributed by atoms with Crippen LogP contribution < -0.4 is 0 Å². The van der Waals surface area contributed by atoms with E-state index >= 15 is 0 Å². The molecule has 2 saturated heterocycles. The molecule has 0 spiro atoms. The maximum atomic E-state index is 11.4. The molecular formula is C16H25N3O4. The van der Waals surface area contributed by atoms with Crippen molar-refractivity contribution in [2.75, 3.05) is 0 Å². The monoisotopic (exact) mass is 323 g/mol. The van der Waals surface area contributed by atoms with Gasteiger partial charge in [-0.15, -0.1) is 5.10 Å². The van der Waals surface area contributed by atoms with Crippen LogP contribution in [0.1, 0.15) is 57.8 Å². The van der Waals surface area contributed by atoms with Gasteiger partial charge < -0.3 is 19.3 Å². The van der Waals surface area contributed by atoms with E-state index in [1.807, 2.05) is 13.8 Å². The summed E-state index contributed by atoms with van der Waals surface area (Å²) in [6.45, 7) is 6.36. The normalized spacial score (nSPS) is 37.0. The van der Waals surface area contributed by atoms with E-state index in [-0.39, 0.29) is 6.10 Å². The largest absolute Gasteiger partial charge is 0.378 e. The molecule has 0 aliphatic carbocycles. The lowest BCUT2D eigenvalue weighted by molar-refractivity contribution is -0.228. The molecule has 4 unspecified atom stereocenters. The number of aromatic nitrogens is 3. The Morgan fingerprint density at radius 1 is 1.26 bits per heavy atom. The summed E-state index contributed by atoms with van der Waals surface area (Å²) < 4.78 is 19.4. The number of unbranched alkanes of at least 4 members (excludes halogenated alkanes) is 3. The van der Waals surface area contributed by atoms with Crippen LogP contribution in [0.3, 0.4) is 0 Å². The first-order chi connectivity index (χ1) is 11.0. The van der Waals surface area contributed by atoms with Gasteiger partial charge in [-0.05, 0) is 26.7 Å². The fourth-order valence-corrected chi connectivity index (χ4v) is 4.00. The minimum atomic E-state index is -1.22. The Hall–Kier alpha value is -1.02. The van der Waals surface area contributed by atoms with Gasteiger partial charge in [0.1, 0.15) is 12.2 Å². The topological polar surface area (TPSA) is 78.6 Å². The zero-order valence-corrected chi connectivity index (χ0v) is 14.0. The lowest BCUT2D eigenvalue weighted by atomic mass is 9.89. The average Bonchev–Trinajstić information content (AvgIpc) is 3.15. The van der Waals surface area contributed by atoms with Crippen molar-refractivity contribution in [3.05, 3.63) is 11.4 Å². The van der Waals surface area contributed by atoms with Gasteiger partial charge in [-0.25, -0.2) is 4.68 Å². The van der Waals surface area contributed by atoms with E-state index < -0.39 is 23.8 Å². The smallest absolute Gasteiger partial charge is 0.191 e. The summed E-state index contributed by atoms with van der Waals surface area (Å²) in [5, 5.41) is 19.9. The van der Waals surface area contributed by atoms with Crippen LogP contribution in [0, 0.1) is 0 Å². The first-order valence-corrected chi connectivity index (χ1v) is 8.62. The molecule has 1 N–H and O–H groups in total. The third-order valence-corrected chi connectivity index (χ3v) is 5.07. The molecule has 128 valence electrons. The molecule has 4 atom stereocenters. The highest BCUT2D eigenvalue weighted by Gasteiger charge is 2.68. The molecule has 4 rings (SSSR count). The van der Waals surface area contributed by atoms with Gasteiger partial charge in [-0.3, -0.25) is 0 Å². The Morgan fingerprint density at radius 3 is 2.87 bits per heavy atom. The first-order valence-electron chi connectivity index (χ1n) is 8.62. The van der Waals surface area contributed by atoms with Gasteiger partial charge in [0.2, 0.25) is 0 Å². The number of ether oxygens (including phenoxy) is 3. The van der Waals surface area contributed by atoms with Crippen molar-refractivity contribution in [1.29, 1.82) is 0 Å². The van der Waals surface area contributed by atoms with Crippen LogP contribution in [0.25, 0.3) is 0 Å². The summed E-state index contributed by atoms with van der Waals surface area (Å²) in [5.74, 6) is -0.752. The highest BCUT2D eigenvalue weighted by molar-refractivity contribution is 5.30. The van der Waals surface area contributed by atoms with Crippen molar-refractivity contribution in [2.24, 2.45) is 0 Å². The SMILES string of the molecule is CCCCCCc1nnn2c1C1(O)C(C2)OC2OC(C)(C)OC21. The van der Waals surface area contributed by atoms with Crippen LogP contribution in [0.15, 0.2) is 0 Å². The molecular weight excluding hydrogens is 298 g/mol. The summed E-state index contributed by atoms with van der Waals surface area (Å²) in [6.07, 6.45) is 4.02. The molecule has 4 heterocycles. The Labute approximate surface area is 135 Å². The fourth-order valence-electron chi connectivity index (χ4n) is 4.00. The van der Waals surface area contributed by atoms with Crippen molar-refractivity contribution in [1.82, 2.24) is 15.0 Å². The van der Waals surface area contributed by atoms with E-state index in [0.29, 0.717) is 6.54 Å². The number of aryl methyl sites for hydroxylation is 1. The Balaban J connectivity index is 1.60. The predicted octanol–water partition coefficient (Wildman–Crippen LogP) is 1.48. The lowest BCUT2D eigenvalue weighted by Crippen LogP contribution is -2.44. The molecule has 1 aromatic heterocycles. The third kappa shape index (κ3) is 2.25. The van der Waals surface area contributed by atoms with Gasteiger partial charge in [0.15, 0.2) is 17.7 Å². The van der Waals surface area contributed by atoms with Crippen LogP contribution in [-0.2, 0) is 32.8 Å². The minimum absolute atomic E-state index is 0.381. The fraction of sp³-hybridized carbons (Fsp3) is 0.875. The summed E-state index contributed by atoms with van der Waals surface area (Å²) in [5.41, 5.74) is 0.402. The number of hydrogen-bond donors (Lipinski definition) is 1. The molecule has 2 fully saturated rings. The van der Waals surface area contributed by atoms with E-state index in [2.05, 4.69) is 17.2 Å². The Morgan fingerprint density at radius 2 is 2.09 bits per heavy atom. The molecule has 7 nitrogen and oxygen atoms in total. The van der Waals surface area contributed by atoms with E-state index in [9.17, 15) is 5.11 Å². The molecule has 7 heteroatoms. The van der Waals surface area contributed by atoms with Crippen LogP contribution in [0.4, 0.5) is 0 Å². The summed E-state index contributed by atoms with van der Waals surface area (Å²) >= 11 is 0. The van der Waals surface area contributed by atoms with E-state index in [0.717, 1.165) is 24.2 Å². The van der Waals surface area contributed by atoms with Gasteiger partial charge in [0.05, 0.1) is 17.9 Å². The van der Waals surface area contributed by atoms with Gasteiger partial charge in [-0.2, -0.15) is 0 Å². The molecule has 3 aliphatic rings. The highest BCUT2D eigenvalue weighted by atomic mass is 16.8. The molecule has 0 bridgehead atoms. The molecule has 0 saturated carbocycles. The number of rotatable bonds is 5. The zero-order chi connectivity index (χ0) is 16.2. The lowest BCUT2D eigenvalue weighted by Gasteiger charge is -2.28. The second kappa shape index (κ2) is 5.24. The summed E-state index contributed by atoms with van der Waals surface area (Å²) in [7, 11) is 0. The first kappa shape index (κ1) is 15.5. The Kier molecular flexibility index (Phi) is 3.53. The molecule has 23 heavy (non-hydrogen) atoms. The van der Waals surface area contributed by atoms with Gasteiger partial charge in [0, 0.05) is 0 Å². The summed E-state index contributed by atoms with van der Waals surface area (Å²) in [6, 6.07) is 0. The summed E-state index contributed by atoms with van der Waals surface area (Å²) in [4.78, 5) is 0. The van der Waals surface area contributed by atoms with E-state index in [1.165, 1.54) is 19.3 Å². The van der Waals surface area contributed by atoms with E-state index in [1.54, 1.807) is 4.68 Å². The standard InChI is InChI=1S/C16H25N3O4/c1-4-5-6-7-8-10-12-16(20)11(9-19(12)18-17-10)21-14-13(16)22-15(2,3)23-14/h11,13-14,20H,4-9H2,1-3H3. The van der Waals surface area contributed by atoms with Gasteiger partial charge >= 0.3 is 0 Å². The van der Waals surface area contributed by atoms with Crippen molar-refractivity contribution >= 4 is 0 Å². The number of hydrogen-bond acceptors (Lipinski definition) is 6. The molecule has 0 aromatic carbocycles. The quantitative estimate of drug-likeness (QED) is 0.827. The number of nitrogens with zero attached hydrogens (tertiary/aromatic N) is 3. The highest BCUT2D eigenvalue weighted by Crippen LogP contribution is 2.51. The molecule has 0 amide bonds. The second-order valence-electron chi connectivity index (χ2n) is 7.25. The molecule has 1 aromatic rings. The van der Waals surface area contributed by atoms with Gasteiger partial charge in [0.25, 0.3) is 0 Å². The number of aliphatic hydroxyl groups is 1. The maximum Gasteiger partial charge on any atom is 0.191 e. The van der Waals surface area contributed by atoms with Crippen LogP contribution >= 0.6 is 0 Å². The molecule has 0 radical (unpaired) electrons. The zero-order valence-electron chi connectivity index (χ0n) is 14.0. The van der Waals surface area contributed by atoms with Crippen molar-refractivity contribution in [2.45, 2.75) is 89.3 Å². The van der Waals surface area contributed by atoms with Crippen molar-refractivity contribution in [3.8, 4) is 0 Å².